The van der Waals surface area contributed by atoms with E-state index in [4.69, 9.17) is 4.18 Å². The molecule has 3 atom stereocenters. The van der Waals surface area contributed by atoms with Crippen LogP contribution in [0.2, 0.25) is 0 Å². The first-order valence-corrected chi connectivity index (χ1v) is 13.2. The Labute approximate surface area is 204 Å². The summed E-state index contributed by atoms with van der Waals surface area (Å²) in [5.41, 5.74) is 2.05. The zero-order valence-corrected chi connectivity index (χ0v) is 20.2. The molecule has 182 valence electrons. The Morgan fingerprint density at radius 3 is 2.68 bits per heavy atom. The molecule has 2 amide bonds. The van der Waals surface area contributed by atoms with Crippen LogP contribution in [0.5, 0.6) is 0 Å². The summed E-state index contributed by atoms with van der Waals surface area (Å²) in [5.74, 6) is -1.05. The SMILES string of the molecule is CSCCC(NC(=O)c1ccc(NS(=O)OCC2CCC(=O)N2)cc1-c1ccccc1)C(=O)O. The highest BCUT2D eigenvalue weighted by Gasteiger charge is 2.23. The summed E-state index contributed by atoms with van der Waals surface area (Å²) in [5, 5.41) is 14.8. The molecule has 0 aliphatic carbocycles. The van der Waals surface area contributed by atoms with E-state index < -0.39 is 29.2 Å². The van der Waals surface area contributed by atoms with Gasteiger partial charge >= 0.3 is 5.97 Å². The number of carboxylic acid groups (broad SMARTS) is 1. The van der Waals surface area contributed by atoms with Crippen LogP contribution >= 0.6 is 11.8 Å². The van der Waals surface area contributed by atoms with Gasteiger partial charge in [-0.25, -0.2) is 9.00 Å². The molecule has 9 nitrogen and oxygen atoms in total. The maximum absolute atomic E-state index is 13.0. The largest absolute Gasteiger partial charge is 0.480 e. The van der Waals surface area contributed by atoms with Gasteiger partial charge in [0.25, 0.3) is 17.2 Å². The van der Waals surface area contributed by atoms with Crippen LogP contribution in [0.15, 0.2) is 48.5 Å². The number of aliphatic carboxylic acids is 1. The zero-order chi connectivity index (χ0) is 24.5. The van der Waals surface area contributed by atoms with Gasteiger partial charge in [0, 0.05) is 17.7 Å². The molecule has 3 rings (SSSR count). The third-order valence-electron chi connectivity index (χ3n) is 5.23. The number of hydrogen-bond donors (Lipinski definition) is 4. The Bertz CT molecular complexity index is 1050. The maximum atomic E-state index is 13.0. The van der Waals surface area contributed by atoms with E-state index in [9.17, 15) is 23.7 Å². The van der Waals surface area contributed by atoms with Crippen molar-refractivity contribution in [2.75, 3.05) is 23.3 Å². The first kappa shape index (κ1) is 25.7. The van der Waals surface area contributed by atoms with Crippen LogP contribution < -0.4 is 15.4 Å². The van der Waals surface area contributed by atoms with Gasteiger partial charge in [-0.2, -0.15) is 11.8 Å². The summed E-state index contributed by atoms with van der Waals surface area (Å²) in [7, 11) is 0. The number of carbonyl (C=O) groups is 3. The minimum absolute atomic E-state index is 0.0488. The van der Waals surface area contributed by atoms with Gasteiger partial charge in [0.15, 0.2) is 0 Å². The monoisotopic (exact) mass is 505 g/mol. The Balaban J connectivity index is 1.76. The molecule has 0 aromatic heterocycles. The minimum Gasteiger partial charge on any atom is -0.480 e. The number of carboxylic acids is 1. The smallest absolute Gasteiger partial charge is 0.326 e. The second-order valence-corrected chi connectivity index (χ2v) is 9.59. The zero-order valence-electron chi connectivity index (χ0n) is 18.6. The number of thioether (sulfide) groups is 1. The highest BCUT2D eigenvalue weighted by atomic mass is 32.2. The summed E-state index contributed by atoms with van der Waals surface area (Å²) in [4.78, 5) is 35.9. The van der Waals surface area contributed by atoms with Crippen molar-refractivity contribution in [3.8, 4) is 11.1 Å². The number of carbonyl (C=O) groups excluding carboxylic acids is 2. The molecule has 3 unspecified atom stereocenters. The molecule has 2 aromatic rings. The lowest BCUT2D eigenvalue weighted by Crippen LogP contribution is -2.41. The van der Waals surface area contributed by atoms with Crippen LogP contribution in [0, 0.1) is 0 Å². The van der Waals surface area contributed by atoms with Gasteiger partial charge in [0.1, 0.15) is 6.04 Å². The molecule has 1 aliphatic rings. The van der Waals surface area contributed by atoms with E-state index >= 15 is 0 Å². The van der Waals surface area contributed by atoms with Crippen LogP contribution in [0.1, 0.15) is 29.6 Å². The van der Waals surface area contributed by atoms with Crippen molar-refractivity contribution in [3.63, 3.8) is 0 Å². The molecule has 0 bridgehead atoms. The molecule has 0 radical (unpaired) electrons. The van der Waals surface area contributed by atoms with Crippen LogP contribution in [0.3, 0.4) is 0 Å². The van der Waals surface area contributed by atoms with Crippen molar-refractivity contribution >= 4 is 46.5 Å². The highest BCUT2D eigenvalue weighted by Crippen LogP contribution is 2.28. The average Bonchev–Trinajstić information content (AvgIpc) is 3.25. The predicted octanol–water partition coefficient (Wildman–Crippen LogP) is 2.58. The van der Waals surface area contributed by atoms with Gasteiger partial charge in [-0.1, -0.05) is 30.3 Å². The predicted molar refractivity (Wildman–Crippen MR) is 133 cm³/mol. The van der Waals surface area contributed by atoms with E-state index in [0.29, 0.717) is 41.8 Å². The van der Waals surface area contributed by atoms with Crippen molar-refractivity contribution in [2.24, 2.45) is 0 Å². The van der Waals surface area contributed by atoms with Gasteiger partial charge in [-0.05, 0) is 54.2 Å². The second-order valence-electron chi connectivity index (χ2n) is 7.70. The third-order valence-corrected chi connectivity index (χ3v) is 6.62. The first-order valence-electron chi connectivity index (χ1n) is 10.7. The topological polar surface area (TPSA) is 134 Å². The summed E-state index contributed by atoms with van der Waals surface area (Å²) >= 11 is -0.356. The number of benzene rings is 2. The van der Waals surface area contributed by atoms with E-state index in [2.05, 4.69) is 15.4 Å². The Morgan fingerprint density at radius 1 is 1.26 bits per heavy atom. The summed E-state index contributed by atoms with van der Waals surface area (Å²) in [6.07, 6.45) is 3.24. The molecule has 1 saturated heterocycles. The normalized spacial score (nSPS) is 17.0. The summed E-state index contributed by atoms with van der Waals surface area (Å²) < 4.78 is 20.4. The standard InChI is InChI=1S/C23H27N3O6S2/c1-33-12-11-20(23(29)30)25-22(28)18-9-7-16(13-19(18)15-5-3-2-4-6-15)26-34(31)32-14-17-8-10-21(27)24-17/h2-7,9,13,17,20,26H,8,10-12,14H2,1H3,(H,24,27)(H,25,28)(H,29,30). The second kappa shape index (κ2) is 12.5. The highest BCUT2D eigenvalue weighted by molar-refractivity contribution is 7.98. The number of hydrogen-bond acceptors (Lipinski definition) is 6. The van der Waals surface area contributed by atoms with Gasteiger partial charge in [-0.3, -0.25) is 18.5 Å². The number of nitrogens with one attached hydrogen (secondary N) is 3. The molecule has 1 aliphatic heterocycles. The summed E-state index contributed by atoms with van der Waals surface area (Å²) in [6.45, 7) is 0.115. The minimum atomic E-state index is -1.86. The number of amides is 2. The Kier molecular flexibility index (Phi) is 9.49. The van der Waals surface area contributed by atoms with Crippen LogP contribution in [0.4, 0.5) is 5.69 Å². The molecular weight excluding hydrogens is 478 g/mol. The Morgan fingerprint density at radius 2 is 2.03 bits per heavy atom. The van der Waals surface area contributed by atoms with Crippen LogP contribution in [0.25, 0.3) is 11.1 Å². The van der Waals surface area contributed by atoms with Crippen molar-refractivity contribution in [1.29, 1.82) is 0 Å². The fourth-order valence-electron chi connectivity index (χ4n) is 3.46. The van der Waals surface area contributed by atoms with Crippen molar-refractivity contribution in [2.45, 2.75) is 31.3 Å². The fourth-order valence-corrected chi connectivity index (χ4v) is 4.60. The summed E-state index contributed by atoms with van der Waals surface area (Å²) in [6, 6.07) is 12.8. The van der Waals surface area contributed by atoms with Crippen molar-refractivity contribution < 1.29 is 27.9 Å². The van der Waals surface area contributed by atoms with Crippen molar-refractivity contribution in [3.05, 3.63) is 54.1 Å². The Hall–Kier alpha value is -2.89. The average molecular weight is 506 g/mol. The molecule has 1 heterocycles. The van der Waals surface area contributed by atoms with Crippen LogP contribution in [-0.4, -0.2) is 57.8 Å². The number of anilines is 1. The number of rotatable bonds is 12. The van der Waals surface area contributed by atoms with E-state index in [1.165, 1.54) is 11.8 Å². The lowest BCUT2D eigenvalue weighted by molar-refractivity contribution is -0.139. The maximum Gasteiger partial charge on any atom is 0.326 e. The molecular formula is C23H27N3O6S2. The van der Waals surface area contributed by atoms with Crippen LogP contribution in [-0.2, 0) is 25.0 Å². The van der Waals surface area contributed by atoms with E-state index in [-0.39, 0.29) is 18.6 Å². The van der Waals surface area contributed by atoms with Gasteiger partial charge in [-0.15, -0.1) is 0 Å². The molecule has 0 saturated carbocycles. The molecule has 2 aromatic carbocycles. The quantitative estimate of drug-likeness (QED) is 0.348. The molecule has 4 N–H and O–H groups in total. The van der Waals surface area contributed by atoms with Gasteiger partial charge in [0.2, 0.25) is 5.91 Å². The van der Waals surface area contributed by atoms with Crippen molar-refractivity contribution in [1.82, 2.24) is 10.6 Å². The first-order chi connectivity index (χ1) is 16.4. The molecule has 1 fully saturated rings. The van der Waals surface area contributed by atoms with Gasteiger partial charge < -0.3 is 15.7 Å². The van der Waals surface area contributed by atoms with Gasteiger partial charge in [0.05, 0.1) is 12.6 Å². The van der Waals surface area contributed by atoms with E-state index in [0.717, 1.165) is 5.56 Å². The lowest BCUT2D eigenvalue weighted by Gasteiger charge is -2.17. The third kappa shape index (κ3) is 7.31. The fraction of sp³-hybridized carbons (Fsp3) is 0.348. The van der Waals surface area contributed by atoms with E-state index in [1.807, 2.05) is 36.6 Å². The molecule has 34 heavy (non-hydrogen) atoms. The lowest BCUT2D eigenvalue weighted by atomic mass is 9.98. The molecule has 0 spiro atoms. The molecule has 11 heteroatoms. The van der Waals surface area contributed by atoms with E-state index in [1.54, 1.807) is 18.2 Å².